The Bertz CT molecular complexity index is 1540. The molecule has 0 fully saturated rings. The maximum atomic E-state index is 12.4. The summed E-state index contributed by atoms with van der Waals surface area (Å²) >= 11 is 4.79. The van der Waals surface area contributed by atoms with Crippen molar-refractivity contribution in [1.29, 1.82) is 0 Å². The molecule has 0 saturated heterocycles. The monoisotopic (exact) mass is 444 g/mol. The number of thiophene rings is 1. The van der Waals surface area contributed by atoms with E-state index in [1.54, 1.807) is 28.9 Å². The summed E-state index contributed by atoms with van der Waals surface area (Å²) in [5, 5.41) is 7.65. The average molecular weight is 445 g/mol. The van der Waals surface area contributed by atoms with E-state index in [1.165, 1.54) is 21.4 Å². The SMILES string of the molecule is O=c1oc2cc(-c3csc(-c4cc5ccccc5s4)n3)ccc2cc1-c1nccs1. The highest BCUT2D eigenvalue weighted by atomic mass is 32.1. The molecule has 2 aromatic carbocycles. The van der Waals surface area contributed by atoms with E-state index in [2.05, 4.69) is 35.3 Å². The lowest BCUT2D eigenvalue weighted by Crippen LogP contribution is -2.02. The van der Waals surface area contributed by atoms with Gasteiger partial charge >= 0.3 is 5.63 Å². The van der Waals surface area contributed by atoms with Crippen LogP contribution < -0.4 is 5.63 Å². The number of rotatable bonds is 3. The van der Waals surface area contributed by atoms with E-state index < -0.39 is 0 Å². The van der Waals surface area contributed by atoms with Gasteiger partial charge in [0, 0.05) is 32.6 Å². The number of hydrogen-bond donors (Lipinski definition) is 0. The van der Waals surface area contributed by atoms with Crippen LogP contribution in [0.3, 0.4) is 0 Å². The first-order valence-electron chi connectivity index (χ1n) is 9.17. The number of benzene rings is 2. The van der Waals surface area contributed by atoms with Crippen LogP contribution in [0, 0.1) is 0 Å². The van der Waals surface area contributed by atoms with Crippen molar-refractivity contribution < 1.29 is 4.42 Å². The van der Waals surface area contributed by atoms with Crippen LogP contribution in [-0.2, 0) is 0 Å². The van der Waals surface area contributed by atoms with Crippen LogP contribution in [0.4, 0.5) is 0 Å². The van der Waals surface area contributed by atoms with Gasteiger partial charge in [-0.1, -0.05) is 30.3 Å². The molecule has 4 nitrogen and oxygen atoms in total. The quantitative estimate of drug-likeness (QED) is 0.278. The highest BCUT2D eigenvalue weighted by Crippen LogP contribution is 2.37. The third kappa shape index (κ3) is 2.99. The van der Waals surface area contributed by atoms with Crippen LogP contribution in [0.2, 0.25) is 0 Å². The van der Waals surface area contributed by atoms with E-state index in [0.29, 0.717) is 16.2 Å². The molecule has 0 unspecified atom stereocenters. The number of thiazole rings is 2. The van der Waals surface area contributed by atoms with Crippen LogP contribution in [0.1, 0.15) is 0 Å². The number of aromatic nitrogens is 2. The molecule has 0 saturated carbocycles. The normalized spacial score (nSPS) is 11.5. The summed E-state index contributed by atoms with van der Waals surface area (Å²) in [6.07, 6.45) is 1.68. The molecule has 6 aromatic rings. The van der Waals surface area contributed by atoms with Crippen LogP contribution >= 0.6 is 34.0 Å². The van der Waals surface area contributed by atoms with Crippen molar-refractivity contribution in [2.45, 2.75) is 0 Å². The molecule has 0 aliphatic heterocycles. The summed E-state index contributed by atoms with van der Waals surface area (Å²) in [7, 11) is 0. The third-order valence-corrected chi connectivity index (χ3v) is 7.77. The Morgan fingerprint density at radius 2 is 1.83 bits per heavy atom. The zero-order valence-electron chi connectivity index (χ0n) is 15.4. The van der Waals surface area contributed by atoms with Crippen molar-refractivity contribution in [2.75, 3.05) is 0 Å². The van der Waals surface area contributed by atoms with Crippen LogP contribution in [0.5, 0.6) is 0 Å². The summed E-state index contributed by atoms with van der Waals surface area (Å²) in [4.78, 5) is 22.7. The van der Waals surface area contributed by atoms with Crippen molar-refractivity contribution in [3.05, 3.63) is 82.0 Å². The molecule has 0 amide bonds. The van der Waals surface area contributed by atoms with Gasteiger partial charge in [-0.15, -0.1) is 34.0 Å². The van der Waals surface area contributed by atoms with Gasteiger partial charge in [0.2, 0.25) is 0 Å². The van der Waals surface area contributed by atoms with Gasteiger partial charge in [-0.05, 0) is 29.7 Å². The molecule has 4 aromatic heterocycles. The van der Waals surface area contributed by atoms with E-state index in [0.717, 1.165) is 26.5 Å². The standard InChI is InChI=1S/C23H12N2O2S3/c26-23-16(21-24-7-8-28-21)9-14-6-5-13(10-18(14)27-23)17-12-29-22(25-17)20-11-15-3-1-2-4-19(15)30-20/h1-12H. The Morgan fingerprint density at radius 3 is 2.70 bits per heavy atom. The van der Waals surface area contributed by atoms with Crippen LogP contribution in [0.15, 0.2) is 80.8 Å². The molecule has 0 spiro atoms. The minimum absolute atomic E-state index is 0.376. The third-order valence-electron chi connectivity index (χ3n) is 4.83. The smallest absolute Gasteiger partial charge is 0.346 e. The number of nitrogens with zero attached hydrogens (tertiary/aromatic N) is 2. The zero-order chi connectivity index (χ0) is 20.1. The Morgan fingerprint density at radius 1 is 0.900 bits per heavy atom. The first-order chi connectivity index (χ1) is 14.7. The largest absolute Gasteiger partial charge is 0.422 e. The minimum atomic E-state index is -0.376. The Balaban J connectivity index is 1.40. The first kappa shape index (κ1) is 17.7. The van der Waals surface area contributed by atoms with Crippen LogP contribution in [0.25, 0.3) is 52.8 Å². The molecule has 0 aliphatic carbocycles. The predicted molar refractivity (Wildman–Crippen MR) is 126 cm³/mol. The molecule has 30 heavy (non-hydrogen) atoms. The van der Waals surface area contributed by atoms with Gasteiger partial charge in [0.15, 0.2) is 0 Å². The second-order valence-corrected chi connectivity index (χ2v) is 9.56. The minimum Gasteiger partial charge on any atom is -0.422 e. The van der Waals surface area contributed by atoms with Gasteiger partial charge in [0.05, 0.1) is 16.1 Å². The van der Waals surface area contributed by atoms with Crippen molar-refractivity contribution in [1.82, 2.24) is 9.97 Å². The number of hydrogen-bond acceptors (Lipinski definition) is 7. The van der Waals surface area contributed by atoms with Gasteiger partial charge in [-0.3, -0.25) is 0 Å². The topological polar surface area (TPSA) is 56.0 Å². The van der Waals surface area contributed by atoms with Gasteiger partial charge < -0.3 is 4.42 Å². The summed E-state index contributed by atoms with van der Waals surface area (Å²) in [6, 6.07) is 18.2. The molecule has 7 heteroatoms. The summed E-state index contributed by atoms with van der Waals surface area (Å²) in [5.41, 5.74) is 2.47. The van der Waals surface area contributed by atoms with Crippen molar-refractivity contribution in [3.63, 3.8) is 0 Å². The molecular weight excluding hydrogens is 432 g/mol. The van der Waals surface area contributed by atoms with Crippen LogP contribution in [-0.4, -0.2) is 9.97 Å². The van der Waals surface area contributed by atoms with Crippen molar-refractivity contribution in [2.24, 2.45) is 0 Å². The molecule has 4 heterocycles. The van der Waals surface area contributed by atoms with E-state index in [9.17, 15) is 4.79 Å². The Kier molecular flexibility index (Phi) is 4.12. The highest BCUT2D eigenvalue weighted by molar-refractivity contribution is 7.25. The molecule has 0 bridgehead atoms. The van der Waals surface area contributed by atoms with E-state index >= 15 is 0 Å². The molecule has 0 radical (unpaired) electrons. The van der Waals surface area contributed by atoms with E-state index in [-0.39, 0.29) is 5.63 Å². The van der Waals surface area contributed by atoms with Crippen molar-refractivity contribution >= 4 is 55.1 Å². The lowest BCUT2D eigenvalue weighted by molar-refractivity contribution is 0.563. The molecule has 144 valence electrons. The molecular formula is C23H12N2O2S3. The van der Waals surface area contributed by atoms with E-state index in [4.69, 9.17) is 9.40 Å². The molecule has 0 atom stereocenters. The second kappa shape index (κ2) is 6.98. The summed E-state index contributed by atoms with van der Waals surface area (Å²) in [6.45, 7) is 0. The second-order valence-electron chi connectivity index (χ2n) is 6.72. The molecule has 6 rings (SSSR count). The van der Waals surface area contributed by atoms with Gasteiger partial charge in [0.25, 0.3) is 0 Å². The highest BCUT2D eigenvalue weighted by Gasteiger charge is 2.13. The molecule has 0 N–H and O–H groups in total. The maximum Gasteiger partial charge on any atom is 0.346 e. The van der Waals surface area contributed by atoms with Gasteiger partial charge in [-0.25, -0.2) is 14.8 Å². The zero-order valence-corrected chi connectivity index (χ0v) is 17.8. The van der Waals surface area contributed by atoms with E-state index in [1.807, 2.05) is 35.0 Å². The fourth-order valence-corrected chi connectivity index (χ4v) is 5.98. The fraction of sp³-hybridized carbons (Fsp3) is 0. The maximum absolute atomic E-state index is 12.4. The first-order valence-corrected chi connectivity index (χ1v) is 11.7. The van der Waals surface area contributed by atoms with Crippen molar-refractivity contribution in [3.8, 4) is 31.7 Å². The Hall–Kier alpha value is -3.13. The van der Waals surface area contributed by atoms with Gasteiger partial charge in [-0.2, -0.15) is 0 Å². The average Bonchev–Trinajstić information content (AvgIpc) is 3.53. The summed E-state index contributed by atoms with van der Waals surface area (Å²) in [5.74, 6) is 0. The molecule has 0 aliphatic rings. The van der Waals surface area contributed by atoms with Gasteiger partial charge in [0.1, 0.15) is 15.6 Å². The lowest BCUT2D eigenvalue weighted by Gasteiger charge is -2.02. The summed E-state index contributed by atoms with van der Waals surface area (Å²) < 4.78 is 6.86. The fourth-order valence-electron chi connectivity index (χ4n) is 3.38. The Labute approximate surface area is 182 Å². The predicted octanol–water partition coefficient (Wildman–Crippen LogP) is 6.92. The lowest BCUT2D eigenvalue weighted by atomic mass is 10.1. The number of fused-ring (bicyclic) bond motifs is 2.